The minimum atomic E-state index is -4.03. The van der Waals surface area contributed by atoms with Gasteiger partial charge in [0.25, 0.3) is 0 Å². The van der Waals surface area contributed by atoms with Gasteiger partial charge < -0.3 is 11.5 Å². The van der Waals surface area contributed by atoms with E-state index >= 15 is 0 Å². The van der Waals surface area contributed by atoms with Crippen molar-refractivity contribution >= 4 is 26.9 Å². The first-order valence-corrected chi connectivity index (χ1v) is 6.42. The highest BCUT2D eigenvalue weighted by Crippen LogP contribution is 2.24. The molecular formula is C11H11N3O3S. The minimum absolute atomic E-state index is 0.0191. The molecule has 0 fully saturated rings. The monoisotopic (exact) mass is 265 g/mol. The summed E-state index contributed by atoms with van der Waals surface area (Å²) in [6.45, 7) is 0. The predicted octanol–water partition coefficient (Wildman–Crippen LogP) is 0.734. The summed E-state index contributed by atoms with van der Waals surface area (Å²) in [5.41, 5.74) is 10.1. The minimum Gasteiger partial charge on any atom is -0.367 e. The number of nitrogens with two attached hydrogens (primary N) is 2. The largest absolute Gasteiger partial charge is 0.367 e. The summed E-state index contributed by atoms with van der Waals surface area (Å²) in [5, 5.41) is 4.39. The molecule has 0 atom stereocenters. The van der Waals surface area contributed by atoms with Gasteiger partial charge in [0.05, 0.1) is 0 Å². The van der Waals surface area contributed by atoms with Crippen LogP contribution in [0.4, 0.5) is 0 Å². The van der Waals surface area contributed by atoms with E-state index in [1.54, 1.807) is 30.3 Å². The smallest absolute Gasteiger partial charge is 0.359 e. The average Bonchev–Trinajstić information content (AvgIpc) is 2.36. The first-order chi connectivity index (χ1) is 8.50. The molecule has 0 heterocycles. The van der Waals surface area contributed by atoms with E-state index < -0.39 is 16.1 Å². The van der Waals surface area contributed by atoms with Crippen molar-refractivity contribution in [3.8, 4) is 0 Å². The summed E-state index contributed by atoms with van der Waals surface area (Å²) < 4.78 is 28.2. The molecule has 7 heteroatoms. The molecule has 2 aromatic carbocycles. The van der Waals surface area contributed by atoms with Gasteiger partial charge in [-0.1, -0.05) is 36.4 Å². The highest BCUT2D eigenvalue weighted by Gasteiger charge is 2.18. The van der Waals surface area contributed by atoms with Crippen LogP contribution in [-0.4, -0.2) is 14.4 Å². The number of benzene rings is 2. The molecule has 6 nitrogen and oxygen atoms in total. The van der Waals surface area contributed by atoms with Gasteiger partial charge in [-0.3, -0.25) is 4.28 Å². The molecule has 0 amide bonds. The molecule has 18 heavy (non-hydrogen) atoms. The molecule has 0 aliphatic carbocycles. The van der Waals surface area contributed by atoms with Crippen molar-refractivity contribution in [1.82, 2.24) is 0 Å². The van der Waals surface area contributed by atoms with E-state index in [-0.39, 0.29) is 4.90 Å². The third-order valence-electron chi connectivity index (χ3n) is 2.26. The standard InChI is InChI=1S/C11H11N3O3S/c12-11(13)14-17-18(15,16)10-7-3-5-8-4-1-2-6-9(8)10/h1-7H,(H4,12,13,14). The number of hydrogen-bond donors (Lipinski definition) is 2. The molecular weight excluding hydrogens is 254 g/mol. The Bertz CT molecular complexity index is 701. The van der Waals surface area contributed by atoms with E-state index in [0.29, 0.717) is 5.39 Å². The molecule has 2 rings (SSSR count). The lowest BCUT2D eigenvalue weighted by Crippen LogP contribution is -2.23. The van der Waals surface area contributed by atoms with Gasteiger partial charge in [-0.15, -0.1) is 0 Å². The molecule has 94 valence electrons. The summed E-state index contributed by atoms with van der Waals surface area (Å²) in [4.78, 5) is 0.0191. The zero-order valence-corrected chi connectivity index (χ0v) is 10.1. The fourth-order valence-electron chi connectivity index (χ4n) is 1.55. The molecule has 0 saturated heterocycles. The van der Waals surface area contributed by atoms with Crippen molar-refractivity contribution in [2.75, 3.05) is 0 Å². The zero-order valence-electron chi connectivity index (χ0n) is 9.28. The van der Waals surface area contributed by atoms with Gasteiger partial charge in [0.2, 0.25) is 5.96 Å². The van der Waals surface area contributed by atoms with Gasteiger partial charge in [-0.2, -0.15) is 8.42 Å². The van der Waals surface area contributed by atoms with Gasteiger partial charge >= 0.3 is 10.1 Å². The molecule has 2 aromatic rings. The van der Waals surface area contributed by atoms with Crippen molar-refractivity contribution in [1.29, 1.82) is 0 Å². The van der Waals surface area contributed by atoms with E-state index in [2.05, 4.69) is 9.44 Å². The van der Waals surface area contributed by atoms with Gasteiger partial charge in [-0.05, 0) is 16.6 Å². The molecule has 0 spiro atoms. The highest BCUT2D eigenvalue weighted by atomic mass is 32.2. The average molecular weight is 265 g/mol. The number of guanidine groups is 1. The molecule has 0 bridgehead atoms. The predicted molar refractivity (Wildman–Crippen MR) is 68.0 cm³/mol. The molecule has 4 N–H and O–H groups in total. The topological polar surface area (TPSA) is 108 Å². The Morgan fingerprint density at radius 1 is 1.06 bits per heavy atom. The first kappa shape index (κ1) is 12.2. The summed E-state index contributed by atoms with van der Waals surface area (Å²) in [7, 11) is -4.03. The lowest BCUT2D eigenvalue weighted by molar-refractivity contribution is 0.338. The van der Waals surface area contributed by atoms with E-state index in [0.717, 1.165) is 5.39 Å². The first-order valence-electron chi connectivity index (χ1n) is 5.01. The van der Waals surface area contributed by atoms with Crippen LogP contribution in [0.3, 0.4) is 0 Å². The van der Waals surface area contributed by atoms with Crippen LogP contribution in [0.1, 0.15) is 0 Å². The molecule has 0 aromatic heterocycles. The van der Waals surface area contributed by atoms with E-state index in [9.17, 15) is 8.42 Å². The third-order valence-corrected chi connectivity index (χ3v) is 3.43. The summed E-state index contributed by atoms with van der Waals surface area (Å²) in [6, 6.07) is 11.9. The van der Waals surface area contributed by atoms with Crippen LogP contribution >= 0.6 is 0 Å². The maximum absolute atomic E-state index is 11.9. The van der Waals surface area contributed by atoms with Crippen LogP contribution in [0.2, 0.25) is 0 Å². The van der Waals surface area contributed by atoms with Gasteiger partial charge in [0.1, 0.15) is 4.90 Å². The summed E-state index contributed by atoms with van der Waals surface area (Å²) >= 11 is 0. The van der Waals surface area contributed by atoms with Crippen molar-refractivity contribution in [2.24, 2.45) is 16.6 Å². The van der Waals surface area contributed by atoms with Crippen LogP contribution in [0.25, 0.3) is 10.8 Å². The van der Waals surface area contributed by atoms with Crippen LogP contribution in [0.5, 0.6) is 0 Å². The van der Waals surface area contributed by atoms with E-state index in [4.69, 9.17) is 11.5 Å². The number of oxime groups is 1. The second-order valence-electron chi connectivity index (χ2n) is 3.52. The van der Waals surface area contributed by atoms with Crippen LogP contribution < -0.4 is 11.5 Å². The second kappa shape index (κ2) is 4.53. The zero-order chi connectivity index (χ0) is 13.2. The van der Waals surface area contributed by atoms with Crippen molar-refractivity contribution in [3.05, 3.63) is 42.5 Å². The van der Waals surface area contributed by atoms with Crippen LogP contribution in [0, 0.1) is 0 Å². The van der Waals surface area contributed by atoms with Crippen molar-refractivity contribution < 1.29 is 12.7 Å². The number of rotatable bonds is 3. The van der Waals surface area contributed by atoms with E-state index in [1.165, 1.54) is 6.07 Å². The fraction of sp³-hybridized carbons (Fsp3) is 0. The maximum Gasteiger partial charge on any atom is 0.359 e. The Balaban J connectivity index is 2.57. The SMILES string of the molecule is NC(N)=NOS(=O)(=O)c1cccc2ccccc12. The van der Waals surface area contributed by atoms with Crippen LogP contribution in [0.15, 0.2) is 52.5 Å². The quantitative estimate of drug-likeness (QED) is 0.483. The van der Waals surface area contributed by atoms with Crippen LogP contribution in [-0.2, 0) is 14.4 Å². The van der Waals surface area contributed by atoms with Gasteiger partial charge in [-0.25, -0.2) is 0 Å². The van der Waals surface area contributed by atoms with Crippen molar-refractivity contribution in [3.63, 3.8) is 0 Å². The number of fused-ring (bicyclic) bond motifs is 1. The van der Waals surface area contributed by atoms with E-state index in [1.807, 2.05) is 6.07 Å². The Kier molecular flexibility index (Phi) is 3.07. The fourth-order valence-corrected chi connectivity index (χ4v) is 2.51. The summed E-state index contributed by atoms with van der Waals surface area (Å²) in [6.07, 6.45) is 0. The molecule has 0 saturated carbocycles. The highest BCUT2D eigenvalue weighted by molar-refractivity contribution is 7.87. The Morgan fingerprint density at radius 2 is 1.72 bits per heavy atom. The normalized spacial score (nSPS) is 11.1. The molecule has 0 aliphatic heterocycles. The molecule has 0 radical (unpaired) electrons. The third kappa shape index (κ3) is 2.35. The maximum atomic E-state index is 11.9. The Labute approximate surface area is 104 Å². The van der Waals surface area contributed by atoms with Gasteiger partial charge in [0.15, 0.2) is 0 Å². The molecule has 0 aliphatic rings. The number of hydrogen-bond acceptors (Lipinski definition) is 4. The Morgan fingerprint density at radius 3 is 2.44 bits per heavy atom. The molecule has 0 unspecified atom stereocenters. The number of nitrogens with zero attached hydrogens (tertiary/aromatic N) is 1. The lowest BCUT2D eigenvalue weighted by atomic mass is 10.1. The summed E-state index contributed by atoms with van der Waals surface area (Å²) in [5.74, 6) is -0.459. The Hall–Kier alpha value is -2.28. The second-order valence-corrected chi connectivity index (χ2v) is 5.02. The lowest BCUT2D eigenvalue weighted by Gasteiger charge is -2.05. The van der Waals surface area contributed by atoms with Crippen molar-refractivity contribution in [2.45, 2.75) is 4.90 Å². The van der Waals surface area contributed by atoms with Gasteiger partial charge in [0, 0.05) is 5.39 Å².